The van der Waals surface area contributed by atoms with Crippen molar-refractivity contribution in [1.29, 1.82) is 0 Å². The van der Waals surface area contributed by atoms with Crippen LogP contribution in [-0.4, -0.2) is 62.7 Å². The fourth-order valence-electron chi connectivity index (χ4n) is 6.02. The van der Waals surface area contributed by atoms with Crippen molar-refractivity contribution in [2.45, 2.75) is 48.7 Å². The van der Waals surface area contributed by atoms with Crippen LogP contribution in [0.2, 0.25) is 5.02 Å². The molecule has 5 rings (SSSR count). The molecule has 0 bridgehead atoms. The van der Waals surface area contributed by atoms with E-state index in [4.69, 9.17) is 22.1 Å². The molecule has 2 unspecified atom stereocenters. The van der Waals surface area contributed by atoms with Crippen LogP contribution in [0.5, 0.6) is 0 Å². The maximum atomic E-state index is 15.3. The zero-order valence-corrected chi connectivity index (χ0v) is 21.6. The van der Waals surface area contributed by atoms with Crippen molar-refractivity contribution >= 4 is 35.0 Å². The molecule has 14 heteroatoms. The highest BCUT2D eigenvalue weighted by Gasteiger charge is 2.66. The summed E-state index contributed by atoms with van der Waals surface area (Å²) < 4.78 is 50.4. The number of nitrogens with two attached hydrogens (primary N) is 1. The summed E-state index contributed by atoms with van der Waals surface area (Å²) >= 11 is 5.80. The Kier molecular flexibility index (Phi) is 6.67. The Morgan fingerprint density at radius 3 is 2.41 bits per heavy atom. The van der Waals surface area contributed by atoms with Gasteiger partial charge in [0.05, 0.1) is 30.3 Å². The number of nitrogens with one attached hydrogen (secondary N) is 2. The van der Waals surface area contributed by atoms with Gasteiger partial charge in [0.1, 0.15) is 17.1 Å². The van der Waals surface area contributed by atoms with E-state index < -0.39 is 40.6 Å². The molecule has 1 aliphatic heterocycles. The number of benzene rings is 1. The quantitative estimate of drug-likeness (QED) is 0.401. The molecule has 0 spiro atoms. The Morgan fingerprint density at radius 2 is 1.87 bits per heavy atom. The van der Waals surface area contributed by atoms with Crippen LogP contribution in [0.25, 0.3) is 0 Å². The van der Waals surface area contributed by atoms with Crippen LogP contribution in [0.3, 0.4) is 0 Å². The number of hydrogen-bond donors (Lipinski definition) is 4. The average molecular weight is 570 g/mol. The number of aromatic nitrogens is 2. The summed E-state index contributed by atoms with van der Waals surface area (Å²) in [4.78, 5) is 41.7. The molecular weight excluding hydrogens is 543 g/mol. The van der Waals surface area contributed by atoms with Gasteiger partial charge in [-0.2, -0.15) is 8.78 Å². The normalized spacial score (nSPS) is 27.5. The first-order chi connectivity index (χ1) is 18.3. The molecule has 2 atom stereocenters. The number of carbonyl (C=O) groups is 3. The number of hydrogen-bond acceptors (Lipinski definition) is 6. The maximum Gasteiger partial charge on any atom is 0.352 e. The lowest BCUT2D eigenvalue weighted by Gasteiger charge is -2.41. The third kappa shape index (κ3) is 4.55. The SMILES string of the molecule is Cn1cnc(C2CC3CC(O)(C(F)(F)C(=O)NC4(C(N)=O)COC4)CC3C2)c1C(=O)Nc1ccc(F)c(Cl)c1. The maximum absolute atomic E-state index is 15.3. The van der Waals surface area contributed by atoms with Gasteiger partial charge in [0.25, 0.3) is 11.8 Å². The fourth-order valence-corrected chi connectivity index (χ4v) is 6.20. The lowest BCUT2D eigenvalue weighted by atomic mass is 9.86. The fraction of sp³-hybridized carbons (Fsp3) is 0.520. The molecule has 2 aliphatic carbocycles. The van der Waals surface area contributed by atoms with E-state index in [0.29, 0.717) is 24.2 Å². The van der Waals surface area contributed by atoms with Gasteiger partial charge >= 0.3 is 5.92 Å². The number of aryl methyl sites for hydroxylation is 1. The van der Waals surface area contributed by atoms with Crippen molar-refractivity contribution in [3.63, 3.8) is 0 Å². The molecule has 3 aliphatic rings. The van der Waals surface area contributed by atoms with Crippen LogP contribution in [0.4, 0.5) is 18.9 Å². The summed E-state index contributed by atoms with van der Waals surface area (Å²) in [6, 6.07) is 3.78. The molecular formula is C25H27ClF3N5O5. The first kappa shape index (κ1) is 27.4. The highest BCUT2D eigenvalue weighted by molar-refractivity contribution is 6.31. The zero-order chi connectivity index (χ0) is 28.3. The molecule has 1 aromatic heterocycles. The Labute approximate surface area is 226 Å². The monoisotopic (exact) mass is 569 g/mol. The predicted octanol–water partition coefficient (Wildman–Crippen LogP) is 2.11. The Bertz CT molecular complexity index is 1330. The third-order valence-corrected chi connectivity index (χ3v) is 8.47. The molecule has 1 aromatic carbocycles. The van der Waals surface area contributed by atoms with E-state index in [1.165, 1.54) is 23.0 Å². The second-order valence-electron chi connectivity index (χ2n) is 10.8. The van der Waals surface area contributed by atoms with Gasteiger partial charge in [0.15, 0.2) is 5.54 Å². The molecule has 3 amide bonds. The lowest BCUT2D eigenvalue weighted by Crippen LogP contribution is -2.72. The van der Waals surface area contributed by atoms with Gasteiger partial charge in [0, 0.05) is 18.7 Å². The van der Waals surface area contributed by atoms with E-state index in [1.54, 1.807) is 7.05 Å². The average Bonchev–Trinajstić information content (AvgIpc) is 3.49. The van der Waals surface area contributed by atoms with Crippen LogP contribution in [-0.2, 0) is 21.4 Å². The number of halogens is 4. The van der Waals surface area contributed by atoms with Gasteiger partial charge in [-0.1, -0.05) is 11.6 Å². The van der Waals surface area contributed by atoms with E-state index in [2.05, 4.69) is 10.3 Å². The third-order valence-electron chi connectivity index (χ3n) is 8.18. The van der Waals surface area contributed by atoms with E-state index in [1.807, 2.05) is 5.32 Å². The number of ether oxygens (including phenoxy) is 1. The number of nitrogens with zero attached hydrogens (tertiary/aromatic N) is 2. The number of carbonyl (C=O) groups excluding carboxylic acids is 3. The summed E-state index contributed by atoms with van der Waals surface area (Å²) in [5.74, 6) is -8.97. The number of fused-ring (bicyclic) bond motifs is 1. The number of primary amides is 1. The predicted molar refractivity (Wildman–Crippen MR) is 132 cm³/mol. The number of anilines is 1. The smallest absolute Gasteiger partial charge is 0.352 e. The van der Waals surface area contributed by atoms with Crippen LogP contribution >= 0.6 is 11.6 Å². The zero-order valence-electron chi connectivity index (χ0n) is 20.8. The highest BCUT2D eigenvalue weighted by atomic mass is 35.5. The van der Waals surface area contributed by atoms with Crippen LogP contribution in [0, 0.1) is 17.7 Å². The molecule has 2 saturated carbocycles. The van der Waals surface area contributed by atoms with Gasteiger partial charge in [-0.15, -0.1) is 0 Å². The van der Waals surface area contributed by atoms with Crippen LogP contribution in [0.15, 0.2) is 24.5 Å². The minimum absolute atomic E-state index is 0.148. The number of imidazole rings is 1. The van der Waals surface area contributed by atoms with Crippen molar-refractivity contribution in [3.8, 4) is 0 Å². The molecule has 10 nitrogen and oxygen atoms in total. The van der Waals surface area contributed by atoms with Gasteiger partial charge in [-0.3, -0.25) is 14.4 Å². The lowest BCUT2D eigenvalue weighted by molar-refractivity contribution is -0.199. The minimum Gasteiger partial charge on any atom is -0.383 e. The summed E-state index contributed by atoms with van der Waals surface area (Å²) in [6.07, 6.45) is 1.56. The van der Waals surface area contributed by atoms with Crippen molar-refractivity contribution in [2.75, 3.05) is 18.5 Å². The van der Waals surface area contributed by atoms with E-state index >= 15 is 8.78 Å². The Balaban J connectivity index is 1.28. The summed E-state index contributed by atoms with van der Waals surface area (Å²) in [5.41, 5.74) is 1.97. The van der Waals surface area contributed by atoms with Gasteiger partial charge in [0.2, 0.25) is 5.91 Å². The van der Waals surface area contributed by atoms with Crippen LogP contribution in [0.1, 0.15) is 47.8 Å². The first-order valence-electron chi connectivity index (χ1n) is 12.3. The van der Waals surface area contributed by atoms with Crippen molar-refractivity contribution in [1.82, 2.24) is 14.9 Å². The first-order valence-corrected chi connectivity index (χ1v) is 12.7. The summed E-state index contributed by atoms with van der Waals surface area (Å²) in [7, 11) is 1.64. The van der Waals surface area contributed by atoms with Crippen LogP contribution < -0.4 is 16.4 Å². The van der Waals surface area contributed by atoms with E-state index in [0.717, 1.165) is 6.07 Å². The molecule has 2 heterocycles. The number of amides is 3. The van der Waals surface area contributed by atoms with Gasteiger partial charge in [-0.25, -0.2) is 9.37 Å². The standard InChI is InChI=1S/C25H27ClF3N5O5/c1-34-11-31-18(19(34)20(35)32-15-2-3-17(27)16(26)6-15)12-4-13-7-24(38,8-14(13)5-12)25(28,29)22(37)33-23(21(30)36)9-39-10-23/h2-3,6,11-14,38H,4-5,7-10H2,1H3,(H2,30,36)(H,32,35)(H,33,37). The molecule has 2 aromatic rings. The Hall–Kier alpha value is -3.16. The van der Waals surface area contributed by atoms with Crippen molar-refractivity contribution in [3.05, 3.63) is 46.8 Å². The number of aliphatic hydroxyl groups is 1. The number of rotatable bonds is 7. The second kappa shape index (κ2) is 9.49. The van der Waals surface area contributed by atoms with Gasteiger partial charge < -0.3 is 30.8 Å². The van der Waals surface area contributed by atoms with Crippen molar-refractivity contribution < 1.29 is 37.4 Å². The molecule has 0 radical (unpaired) electrons. The van der Waals surface area contributed by atoms with Gasteiger partial charge in [-0.05, 0) is 55.7 Å². The largest absolute Gasteiger partial charge is 0.383 e. The molecule has 210 valence electrons. The molecule has 5 N–H and O–H groups in total. The minimum atomic E-state index is -4.17. The molecule has 1 saturated heterocycles. The van der Waals surface area contributed by atoms with Crippen molar-refractivity contribution in [2.24, 2.45) is 24.6 Å². The second-order valence-corrected chi connectivity index (χ2v) is 11.2. The molecule has 3 fully saturated rings. The molecule has 39 heavy (non-hydrogen) atoms. The highest BCUT2D eigenvalue weighted by Crippen LogP contribution is 2.57. The summed E-state index contributed by atoms with van der Waals surface area (Å²) in [6.45, 7) is -0.632. The van der Waals surface area contributed by atoms with E-state index in [9.17, 15) is 23.9 Å². The summed E-state index contributed by atoms with van der Waals surface area (Å²) in [5, 5.41) is 15.5. The topological polar surface area (TPSA) is 149 Å². The number of alkyl halides is 2. The Morgan fingerprint density at radius 1 is 1.23 bits per heavy atom. The van der Waals surface area contributed by atoms with E-state index in [-0.39, 0.29) is 54.5 Å².